The van der Waals surface area contributed by atoms with E-state index in [1.807, 2.05) is 23.9 Å². The first-order valence-corrected chi connectivity index (χ1v) is 5.91. The van der Waals surface area contributed by atoms with Gasteiger partial charge in [-0.1, -0.05) is 6.07 Å². The highest BCUT2D eigenvalue weighted by Crippen LogP contribution is 2.31. The van der Waals surface area contributed by atoms with Gasteiger partial charge in [0.15, 0.2) is 0 Å². The third-order valence-electron chi connectivity index (χ3n) is 1.96. The average molecular weight is 262 g/mol. The number of benzene rings is 1. The fourth-order valence-corrected chi connectivity index (χ4v) is 2.76. The molecule has 0 bridgehead atoms. The quantitative estimate of drug-likeness (QED) is 0.835. The number of nitrogens with one attached hydrogen (secondary N) is 1. The molecule has 1 aromatic carbocycles. The molecule has 1 heterocycles. The van der Waals surface area contributed by atoms with Gasteiger partial charge in [-0.2, -0.15) is 0 Å². The van der Waals surface area contributed by atoms with Crippen LogP contribution in [0.1, 0.15) is 10.9 Å². The summed E-state index contributed by atoms with van der Waals surface area (Å²) in [5, 5.41) is 3.67. The topological polar surface area (TPSA) is 12.0 Å². The SMILES string of the molecule is Fc1ccc(C2NCCS2)cc1Br. The van der Waals surface area contributed by atoms with Crippen molar-refractivity contribution in [3.8, 4) is 0 Å². The van der Waals surface area contributed by atoms with Crippen LogP contribution in [0.5, 0.6) is 0 Å². The van der Waals surface area contributed by atoms with Crippen LogP contribution in [-0.4, -0.2) is 12.3 Å². The Kier molecular flexibility index (Phi) is 2.91. The summed E-state index contributed by atoms with van der Waals surface area (Å²) in [5.41, 5.74) is 1.13. The highest BCUT2D eigenvalue weighted by molar-refractivity contribution is 9.10. The summed E-state index contributed by atoms with van der Waals surface area (Å²) in [6, 6.07) is 5.17. The van der Waals surface area contributed by atoms with Crippen molar-refractivity contribution < 1.29 is 4.39 Å². The monoisotopic (exact) mass is 261 g/mol. The summed E-state index contributed by atoms with van der Waals surface area (Å²) in [7, 11) is 0. The summed E-state index contributed by atoms with van der Waals surface area (Å²) in [6.07, 6.45) is 0. The first-order chi connectivity index (χ1) is 6.27. The van der Waals surface area contributed by atoms with Gasteiger partial charge in [0.25, 0.3) is 0 Å². The number of hydrogen-bond acceptors (Lipinski definition) is 2. The Hall–Kier alpha value is -0.0600. The maximum absolute atomic E-state index is 12.9. The normalized spacial score (nSPS) is 22.2. The van der Waals surface area contributed by atoms with Crippen LogP contribution in [0.2, 0.25) is 0 Å². The largest absolute Gasteiger partial charge is 0.301 e. The lowest BCUT2D eigenvalue weighted by molar-refractivity contribution is 0.619. The minimum Gasteiger partial charge on any atom is -0.301 e. The van der Waals surface area contributed by atoms with Crippen molar-refractivity contribution in [3.05, 3.63) is 34.1 Å². The molecular weight excluding hydrogens is 253 g/mol. The van der Waals surface area contributed by atoms with Crippen LogP contribution in [-0.2, 0) is 0 Å². The fourth-order valence-electron chi connectivity index (χ4n) is 1.32. The maximum Gasteiger partial charge on any atom is 0.137 e. The second-order valence-electron chi connectivity index (χ2n) is 2.88. The van der Waals surface area contributed by atoms with E-state index >= 15 is 0 Å². The third-order valence-corrected chi connectivity index (χ3v) is 3.78. The third kappa shape index (κ3) is 2.06. The summed E-state index contributed by atoms with van der Waals surface area (Å²) in [5.74, 6) is 0.923. The molecule has 0 amide bonds. The van der Waals surface area contributed by atoms with Crippen LogP contribution in [0.15, 0.2) is 22.7 Å². The molecule has 0 aliphatic carbocycles. The summed E-state index contributed by atoms with van der Waals surface area (Å²) >= 11 is 5.04. The van der Waals surface area contributed by atoms with Gasteiger partial charge >= 0.3 is 0 Å². The second-order valence-corrected chi connectivity index (χ2v) is 4.95. The Bertz CT molecular complexity index is 312. The molecule has 70 valence electrons. The molecule has 1 aromatic rings. The van der Waals surface area contributed by atoms with Crippen LogP contribution in [0.3, 0.4) is 0 Å². The van der Waals surface area contributed by atoms with Gasteiger partial charge in [-0.05, 0) is 33.6 Å². The van der Waals surface area contributed by atoms with Gasteiger partial charge in [0.2, 0.25) is 0 Å². The molecule has 0 spiro atoms. The van der Waals surface area contributed by atoms with Crippen molar-refractivity contribution in [3.63, 3.8) is 0 Å². The summed E-state index contributed by atoms with van der Waals surface area (Å²) < 4.78 is 13.5. The van der Waals surface area contributed by atoms with Crippen LogP contribution < -0.4 is 5.32 Å². The molecule has 1 N–H and O–H groups in total. The van der Waals surface area contributed by atoms with Crippen molar-refractivity contribution in [1.29, 1.82) is 0 Å². The van der Waals surface area contributed by atoms with E-state index in [1.54, 1.807) is 0 Å². The molecule has 1 unspecified atom stereocenters. The molecule has 13 heavy (non-hydrogen) atoms. The Labute approximate surface area is 89.2 Å². The van der Waals surface area contributed by atoms with Crippen molar-refractivity contribution >= 4 is 27.7 Å². The van der Waals surface area contributed by atoms with Gasteiger partial charge in [0.1, 0.15) is 5.82 Å². The number of thioether (sulfide) groups is 1. The van der Waals surface area contributed by atoms with Gasteiger partial charge in [-0.3, -0.25) is 0 Å². The molecule has 1 saturated heterocycles. The summed E-state index contributed by atoms with van der Waals surface area (Å²) in [6.45, 7) is 1.03. The lowest BCUT2D eigenvalue weighted by Gasteiger charge is -2.09. The molecule has 0 aromatic heterocycles. The molecule has 1 aliphatic heterocycles. The Morgan fingerprint density at radius 2 is 2.38 bits per heavy atom. The molecule has 0 saturated carbocycles. The number of halogens is 2. The van der Waals surface area contributed by atoms with E-state index in [-0.39, 0.29) is 5.82 Å². The molecular formula is C9H9BrFNS. The molecule has 0 radical (unpaired) electrons. The van der Waals surface area contributed by atoms with E-state index in [0.717, 1.165) is 17.9 Å². The zero-order valence-corrected chi connectivity index (χ0v) is 9.29. The molecule has 4 heteroatoms. The maximum atomic E-state index is 12.9. The first kappa shape index (κ1) is 9.49. The van der Waals surface area contributed by atoms with E-state index in [2.05, 4.69) is 21.2 Å². The Morgan fingerprint density at radius 3 is 3.00 bits per heavy atom. The molecule has 1 atom stereocenters. The van der Waals surface area contributed by atoms with Gasteiger partial charge in [0.05, 0.1) is 9.85 Å². The van der Waals surface area contributed by atoms with E-state index < -0.39 is 0 Å². The predicted octanol–water partition coefficient (Wildman–Crippen LogP) is 2.92. The standard InChI is InChI=1S/C9H9BrFNS/c10-7-5-6(1-2-8(7)11)9-12-3-4-13-9/h1-2,5,9,12H,3-4H2. The predicted molar refractivity (Wildman–Crippen MR) is 57.3 cm³/mol. The van der Waals surface area contributed by atoms with Crippen LogP contribution in [0.25, 0.3) is 0 Å². The van der Waals surface area contributed by atoms with Crippen LogP contribution in [0.4, 0.5) is 4.39 Å². The molecule has 1 fully saturated rings. The highest BCUT2D eigenvalue weighted by atomic mass is 79.9. The highest BCUT2D eigenvalue weighted by Gasteiger charge is 2.17. The van der Waals surface area contributed by atoms with Crippen molar-refractivity contribution in [2.75, 3.05) is 12.3 Å². The van der Waals surface area contributed by atoms with Gasteiger partial charge in [0, 0.05) is 12.3 Å². The Morgan fingerprint density at radius 1 is 1.54 bits per heavy atom. The molecule has 1 nitrogen and oxygen atoms in total. The van der Waals surface area contributed by atoms with E-state index in [4.69, 9.17) is 0 Å². The van der Waals surface area contributed by atoms with E-state index in [9.17, 15) is 4.39 Å². The van der Waals surface area contributed by atoms with Crippen molar-refractivity contribution in [2.45, 2.75) is 5.37 Å². The average Bonchev–Trinajstić information content (AvgIpc) is 2.62. The van der Waals surface area contributed by atoms with Crippen LogP contribution in [0, 0.1) is 5.82 Å². The zero-order chi connectivity index (χ0) is 9.26. The molecule has 2 rings (SSSR count). The van der Waals surface area contributed by atoms with E-state index in [0.29, 0.717) is 9.85 Å². The van der Waals surface area contributed by atoms with Gasteiger partial charge < -0.3 is 5.32 Å². The fraction of sp³-hybridized carbons (Fsp3) is 0.333. The minimum absolute atomic E-state index is 0.202. The molecule has 1 aliphatic rings. The van der Waals surface area contributed by atoms with Crippen molar-refractivity contribution in [2.24, 2.45) is 0 Å². The zero-order valence-electron chi connectivity index (χ0n) is 6.89. The van der Waals surface area contributed by atoms with Gasteiger partial charge in [-0.25, -0.2) is 4.39 Å². The smallest absolute Gasteiger partial charge is 0.137 e. The summed E-state index contributed by atoms with van der Waals surface area (Å²) in [4.78, 5) is 0. The van der Waals surface area contributed by atoms with Gasteiger partial charge in [-0.15, -0.1) is 11.8 Å². The first-order valence-electron chi connectivity index (χ1n) is 4.07. The lowest BCUT2D eigenvalue weighted by Crippen LogP contribution is -2.11. The Balaban J connectivity index is 2.25. The van der Waals surface area contributed by atoms with Crippen LogP contribution >= 0.6 is 27.7 Å². The van der Waals surface area contributed by atoms with E-state index in [1.165, 1.54) is 6.07 Å². The van der Waals surface area contributed by atoms with Crippen molar-refractivity contribution in [1.82, 2.24) is 5.32 Å². The second kappa shape index (κ2) is 3.98. The number of rotatable bonds is 1. The lowest BCUT2D eigenvalue weighted by atomic mass is 10.2. The number of hydrogen-bond donors (Lipinski definition) is 1. The minimum atomic E-state index is -0.202.